The van der Waals surface area contributed by atoms with Crippen LogP contribution >= 0.6 is 11.9 Å². The van der Waals surface area contributed by atoms with Gasteiger partial charge in [-0.2, -0.15) is 0 Å². The number of carbonyl (C=O) groups excluding carboxylic acids is 1. The number of fused-ring (bicyclic) bond motifs is 1. The molecule has 0 fully saturated rings. The molecule has 1 aliphatic heterocycles. The highest BCUT2D eigenvalue weighted by Gasteiger charge is 2.16. The van der Waals surface area contributed by atoms with Crippen LogP contribution in [0.3, 0.4) is 0 Å². The van der Waals surface area contributed by atoms with Crippen molar-refractivity contribution < 1.29 is 14.2 Å². The summed E-state index contributed by atoms with van der Waals surface area (Å²) in [6, 6.07) is 0. The Bertz CT molecular complexity index is 330. The molecule has 0 radical (unpaired) electrons. The fourth-order valence-electron chi connectivity index (χ4n) is 1.49. The molecule has 0 saturated heterocycles. The topological polar surface area (TPSA) is 76.4 Å². The summed E-state index contributed by atoms with van der Waals surface area (Å²) in [5.74, 6) is 0.564. The second-order valence-electron chi connectivity index (χ2n) is 3.13. The Labute approximate surface area is 98.4 Å². The van der Waals surface area contributed by atoms with Gasteiger partial charge in [0.15, 0.2) is 5.69 Å². The van der Waals surface area contributed by atoms with E-state index in [0.717, 1.165) is 25.5 Å². The predicted octanol–water partition coefficient (Wildman–Crippen LogP) is 0.295. The van der Waals surface area contributed by atoms with Crippen LogP contribution in [-0.4, -0.2) is 33.3 Å². The number of carbonyl (C=O) groups is 1. The number of hydrogen-bond acceptors (Lipinski definition) is 5. The fraction of sp³-hybridized carbons (Fsp3) is 0.556. The van der Waals surface area contributed by atoms with E-state index in [1.165, 1.54) is 0 Å². The van der Waals surface area contributed by atoms with E-state index < -0.39 is 0 Å². The monoisotopic (exact) mass is 247 g/mol. The average Bonchev–Trinajstić information content (AvgIpc) is 2.75. The number of hydrogen-bond donors (Lipinski definition) is 2. The Balaban J connectivity index is 0.000000606. The first-order chi connectivity index (χ1) is 7.81. The molecule has 16 heavy (non-hydrogen) atoms. The van der Waals surface area contributed by atoms with Crippen LogP contribution in [0.15, 0.2) is 6.20 Å². The van der Waals surface area contributed by atoms with Gasteiger partial charge in [-0.25, -0.2) is 9.78 Å². The Hall–Kier alpha value is -1.11. The van der Waals surface area contributed by atoms with Crippen molar-refractivity contribution in [1.82, 2.24) is 14.9 Å². The average molecular weight is 248 g/mol. The van der Waals surface area contributed by atoms with Gasteiger partial charge in [0, 0.05) is 19.3 Å². The lowest BCUT2D eigenvalue weighted by molar-refractivity contribution is 0.0520. The molecule has 0 bridgehead atoms. The van der Waals surface area contributed by atoms with E-state index in [2.05, 4.69) is 22.2 Å². The van der Waals surface area contributed by atoms with Gasteiger partial charge in [-0.1, -0.05) is 0 Å². The number of nitrogens with zero attached hydrogens (tertiary/aromatic N) is 2. The molecule has 2 N–H and O–H groups in total. The van der Waals surface area contributed by atoms with Crippen molar-refractivity contribution in [2.24, 2.45) is 0 Å². The summed E-state index contributed by atoms with van der Waals surface area (Å²) in [5, 5.41) is 3.19. The first kappa shape index (κ1) is 13.0. The van der Waals surface area contributed by atoms with Gasteiger partial charge < -0.3 is 14.6 Å². The maximum absolute atomic E-state index is 11.3. The Kier molecular flexibility index (Phi) is 5.24. The minimum atomic E-state index is -0.339. The Morgan fingerprint density at radius 1 is 1.75 bits per heavy atom. The first-order valence-electron chi connectivity index (χ1n) is 4.92. The van der Waals surface area contributed by atoms with Crippen molar-refractivity contribution in [2.75, 3.05) is 13.2 Å². The van der Waals surface area contributed by atoms with Crippen LogP contribution < -0.4 is 5.32 Å². The van der Waals surface area contributed by atoms with Gasteiger partial charge >= 0.3 is 5.97 Å². The zero-order chi connectivity index (χ0) is 12.0. The van der Waals surface area contributed by atoms with Crippen molar-refractivity contribution in [3.05, 3.63) is 17.7 Å². The van der Waals surface area contributed by atoms with Crippen LogP contribution in [0.1, 0.15) is 23.2 Å². The molecule has 0 amide bonds. The number of ether oxygens (including phenoxy) is 1. The van der Waals surface area contributed by atoms with E-state index in [1.807, 2.05) is 4.57 Å². The molecule has 1 aromatic heterocycles. The van der Waals surface area contributed by atoms with E-state index in [1.54, 1.807) is 13.1 Å². The van der Waals surface area contributed by atoms with Crippen LogP contribution in [0, 0.1) is 0 Å². The summed E-state index contributed by atoms with van der Waals surface area (Å²) in [4.78, 5) is 15.5. The van der Waals surface area contributed by atoms with E-state index in [9.17, 15) is 4.79 Å². The standard InChI is InChI=1S/C9H13N3O2.ClHO/c1-2-14-9(13)7-6-12-4-3-10-5-8(12)11-7;1-2/h6,10H,2-5H2,1H3;2H. The molecular formula is C9H14ClN3O3. The summed E-state index contributed by atoms with van der Waals surface area (Å²) in [6.07, 6.45) is 1.76. The molecule has 0 saturated carbocycles. The predicted molar refractivity (Wildman–Crippen MR) is 58.0 cm³/mol. The zero-order valence-corrected chi connectivity index (χ0v) is 9.70. The summed E-state index contributed by atoms with van der Waals surface area (Å²) in [7, 11) is 0. The van der Waals surface area contributed by atoms with Crippen LogP contribution in [0.5, 0.6) is 0 Å². The first-order valence-corrected chi connectivity index (χ1v) is 5.26. The molecular weight excluding hydrogens is 234 g/mol. The van der Waals surface area contributed by atoms with Crippen molar-refractivity contribution in [3.63, 3.8) is 0 Å². The Morgan fingerprint density at radius 3 is 3.12 bits per heavy atom. The quantitative estimate of drug-likeness (QED) is 0.735. The highest BCUT2D eigenvalue weighted by Crippen LogP contribution is 2.07. The Morgan fingerprint density at radius 2 is 2.50 bits per heavy atom. The fourth-order valence-corrected chi connectivity index (χ4v) is 1.49. The van der Waals surface area contributed by atoms with Crippen LogP contribution in [0.25, 0.3) is 0 Å². The summed E-state index contributed by atoms with van der Waals surface area (Å²) >= 11 is 3.64. The molecule has 0 aliphatic carbocycles. The molecule has 0 atom stereocenters. The molecule has 0 spiro atoms. The lowest BCUT2D eigenvalue weighted by Crippen LogP contribution is -2.27. The van der Waals surface area contributed by atoms with Gasteiger partial charge in [0.05, 0.1) is 25.0 Å². The van der Waals surface area contributed by atoms with Gasteiger partial charge in [-0.15, -0.1) is 0 Å². The van der Waals surface area contributed by atoms with Crippen molar-refractivity contribution >= 4 is 17.8 Å². The molecule has 0 aromatic carbocycles. The molecule has 2 heterocycles. The van der Waals surface area contributed by atoms with Crippen LogP contribution in [0.2, 0.25) is 0 Å². The minimum Gasteiger partial charge on any atom is -0.461 e. The normalized spacial score (nSPS) is 13.4. The van der Waals surface area contributed by atoms with Gasteiger partial charge in [0.1, 0.15) is 5.82 Å². The highest BCUT2D eigenvalue weighted by atomic mass is 35.5. The minimum absolute atomic E-state index is 0.339. The second kappa shape index (κ2) is 6.47. The maximum atomic E-state index is 11.3. The van der Waals surface area contributed by atoms with E-state index in [4.69, 9.17) is 9.40 Å². The lowest BCUT2D eigenvalue weighted by atomic mass is 10.4. The largest absolute Gasteiger partial charge is 0.461 e. The summed E-state index contributed by atoms with van der Waals surface area (Å²) < 4.78 is 13.3. The van der Waals surface area contributed by atoms with Gasteiger partial charge in [0.25, 0.3) is 0 Å². The third-order valence-corrected chi connectivity index (χ3v) is 2.16. The molecule has 6 nitrogen and oxygen atoms in total. The molecule has 7 heteroatoms. The third kappa shape index (κ3) is 2.94. The van der Waals surface area contributed by atoms with Crippen molar-refractivity contribution in [3.8, 4) is 0 Å². The summed E-state index contributed by atoms with van der Waals surface area (Å²) in [5.41, 5.74) is 0.408. The SMILES string of the molecule is CCOC(=O)c1cn2c(n1)CNCC2.OCl. The van der Waals surface area contributed by atoms with Crippen LogP contribution in [-0.2, 0) is 17.8 Å². The molecule has 2 rings (SSSR count). The number of imidazole rings is 1. The number of nitrogens with one attached hydrogen (secondary N) is 1. The highest BCUT2D eigenvalue weighted by molar-refractivity contribution is 6.04. The van der Waals surface area contributed by atoms with Crippen molar-refractivity contribution in [1.29, 1.82) is 0 Å². The van der Waals surface area contributed by atoms with Crippen LogP contribution in [0.4, 0.5) is 0 Å². The van der Waals surface area contributed by atoms with Gasteiger partial charge in [-0.3, -0.25) is 4.66 Å². The zero-order valence-electron chi connectivity index (χ0n) is 8.94. The summed E-state index contributed by atoms with van der Waals surface area (Å²) in [6.45, 7) is 4.68. The third-order valence-electron chi connectivity index (χ3n) is 2.16. The lowest BCUT2D eigenvalue weighted by Gasteiger charge is -2.13. The number of rotatable bonds is 2. The maximum Gasteiger partial charge on any atom is 0.358 e. The van der Waals surface area contributed by atoms with E-state index in [0.29, 0.717) is 12.3 Å². The molecule has 0 unspecified atom stereocenters. The number of aromatic nitrogens is 2. The van der Waals surface area contributed by atoms with E-state index >= 15 is 0 Å². The molecule has 1 aliphatic rings. The molecule has 90 valence electrons. The van der Waals surface area contributed by atoms with Crippen molar-refractivity contribution in [2.45, 2.75) is 20.0 Å². The van der Waals surface area contributed by atoms with Gasteiger partial charge in [0.2, 0.25) is 0 Å². The second-order valence-corrected chi connectivity index (χ2v) is 3.13. The van der Waals surface area contributed by atoms with Gasteiger partial charge in [-0.05, 0) is 6.92 Å². The smallest absolute Gasteiger partial charge is 0.358 e. The number of esters is 1. The number of halogens is 1. The van der Waals surface area contributed by atoms with E-state index in [-0.39, 0.29) is 5.97 Å². The molecule has 1 aromatic rings.